The Morgan fingerprint density at radius 3 is 2.55 bits per heavy atom. The van der Waals surface area contributed by atoms with Gasteiger partial charge < -0.3 is 29.3 Å². The van der Waals surface area contributed by atoms with Crippen molar-refractivity contribution in [3.63, 3.8) is 0 Å². The fraction of sp³-hybridized carbons (Fsp3) is 0.652. The molecule has 172 valence electrons. The molecular weight excluding hydrogens is 398 g/mol. The van der Waals surface area contributed by atoms with Crippen molar-refractivity contribution in [1.82, 2.24) is 9.80 Å². The summed E-state index contributed by atoms with van der Waals surface area (Å²) < 4.78 is 16.9. The predicted molar refractivity (Wildman–Crippen MR) is 118 cm³/mol. The van der Waals surface area contributed by atoms with E-state index >= 15 is 0 Å². The maximum atomic E-state index is 12.6. The molecule has 1 atom stereocenters. The number of ether oxygens (including phenoxy) is 3. The predicted octanol–water partition coefficient (Wildman–Crippen LogP) is 3.86. The number of amides is 3. The molecule has 1 N–H and O–H groups in total. The first kappa shape index (κ1) is 23.3. The number of nitrogens with zero attached hydrogens (tertiary/aromatic N) is 2. The third-order valence-corrected chi connectivity index (χ3v) is 5.24. The molecule has 2 heterocycles. The van der Waals surface area contributed by atoms with E-state index in [1.165, 1.54) is 6.42 Å². The van der Waals surface area contributed by atoms with Crippen molar-refractivity contribution in [3.05, 3.63) is 29.8 Å². The molecule has 31 heavy (non-hydrogen) atoms. The van der Waals surface area contributed by atoms with Crippen molar-refractivity contribution in [3.8, 4) is 0 Å². The van der Waals surface area contributed by atoms with E-state index in [-0.39, 0.29) is 18.2 Å². The molecule has 1 unspecified atom stereocenters. The first-order valence-electron chi connectivity index (χ1n) is 11.1. The molecule has 0 bridgehead atoms. The molecule has 2 fully saturated rings. The van der Waals surface area contributed by atoms with Crippen molar-refractivity contribution in [2.24, 2.45) is 0 Å². The molecule has 0 spiro atoms. The number of hydrogen-bond donors (Lipinski definition) is 1. The van der Waals surface area contributed by atoms with Crippen LogP contribution in [0.3, 0.4) is 0 Å². The second kappa shape index (κ2) is 10.8. The summed E-state index contributed by atoms with van der Waals surface area (Å²) >= 11 is 0. The number of carbonyl (C=O) groups is 2. The van der Waals surface area contributed by atoms with E-state index in [9.17, 15) is 9.59 Å². The van der Waals surface area contributed by atoms with Gasteiger partial charge in [-0.2, -0.15) is 0 Å². The minimum absolute atomic E-state index is 0.169. The summed E-state index contributed by atoms with van der Waals surface area (Å²) in [5.41, 5.74) is 1.21. The number of piperazine rings is 1. The molecule has 0 aliphatic carbocycles. The topological polar surface area (TPSA) is 80.3 Å². The molecule has 0 aromatic heterocycles. The third kappa shape index (κ3) is 7.70. The minimum Gasteiger partial charge on any atom is -0.444 e. The molecule has 8 heteroatoms. The maximum absolute atomic E-state index is 12.6. The molecule has 2 aliphatic rings. The van der Waals surface area contributed by atoms with Crippen LogP contribution >= 0.6 is 0 Å². The van der Waals surface area contributed by atoms with E-state index in [1.54, 1.807) is 9.80 Å². The molecule has 1 aromatic carbocycles. The van der Waals surface area contributed by atoms with Crippen LogP contribution in [0.15, 0.2) is 24.3 Å². The van der Waals surface area contributed by atoms with Gasteiger partial charge in [-0.1, -0.05) is 12.1 Å². The third-order valence-electron chi connectivity index (χ3n) is 5.24. The molecule has 2 saturated heterocycles. The highest BCUT2D eigenvalue weighted by atomic mass is 16.6. The number of nitrogens with one attached hydrogen (secondary N) is 1. The first-order chi connectivity index (χ1) is 14.8. The van der Waals surface area contributed by atoms with E-state index in [0.717, 1.165) is 30.7 Å². The first-order valence-corrected chi connectivity index (χ1v) is 11.1. The van der Waals surface area contributed by atoms with Crippen molar-refractivity contribution in [2.75, 3.05) is 44.7 Å². The van der Waals surface area contributed by atoms with Gasteiger partial charge in [0.2, 0.25) is 0 Å². The molecule has 3 rings (SSSR count). The maximum Gasteiger partial charge on any atom is 0.410 e. The van der Waals surface area contributed by atoms with Crippen LogP contribution in [0.5, 0.6) is 0 Å². The van der Waals surface area contributed by atoms with Crippen LogP contribution in [0.4, 0.5) is 15.3 Å². The van der Waals surface area contributed by atoms with Crippen LogP contribution in [0.2, 0.25) is 0 Å². The van der Waals surface area contributed by atoms with E-state index < -0.39 is 5.60 Å². The van der Waals surface area contributed by atoms with Gasteiger partial charge >= 0.3 is 12.1 Å². The summed E-state index contributed by atoms with van der Waals surface area (Å²) in [6, 6.07) is 7.51. The Bertz CT molecular complexity index is 735. The second-order valence-electron chi connectivity index (χ2n) is 9.09. The number of urea groups is 1. The van der Waals surface area contributed by atoms with E-state index in [1.807, 2.05) is 45.0 Å². The van der Waals surface area contributed by atoms with Gasteiger partial charge in [0, 0.05) is 38.5 Å². The van der Waals surface area contributed by atoms with Gasteiger partial charge in [-0.25, -0.2) is 9.59 Å². The molecule has 0 radical (unpaired) electrons. The van der Waals surface area contributed by atoms with Crippen LogP contribution < -0.4 is 5.32 Å². The summed E-state index contributed by atoms with van der Waals surface area (Å²) in [6.45, 7) is 9.29. The lowest BCUT2D eigenvalue weighted by atomic mass is 10.1. The van der Waals surface area contributed by atoms with Crippen LogP contribution in [-0.2, 0) is 20.8 Å². The number of anilines is 1. The zero-order valence-electron chi connectivity index (χ0n) is 18.9. The van der Waals surface area contributed by atoms with Gasteiger partial charge in [-0.05, 0) is 57.7 Å². The molecular formula is C23H35N3O5. The zero-order valence-corrected chi connectivity index (χ0v) is 18.9. The lowest BCUT2D eigenvalue weighted by molar-refractivity contribution is -0.0447. The minimum atomic E-state index is -0.524. The number of hydrogen-bond acceptors (Lipinski definition) is 5. The fourth-order valence-corrected chi connectivity index (χ4v) is 3.61. The van der Waals surface area contributed by atoms with Crippen molar-refractivity contribution in [1.29, 1.82) is 0 Å². The Morgan fingerprint density at radius 2 is 1.87 bits per heavy atom. The summed E-state index contributed by atoms with van der Waals surface area (Å²) in [6.07, 6.45) is 3.24. The SMILES string of the molecule is CC(C)(C)OC(=O)N1CCN(C(=O)Nc2cccc(COCC3CCCCO3)c2)CC1. The zero-order chi connectivity index (χ0) is 22.3. The standard InChI is InChI=1S/C23H35N3O5/c1-23(2,3)31-22(28)26-12-10-25(11-13-26)21(27)24-19-8-6-7-18(15-19)16-29-17-20-9-4-5-14-30-20/h6-8,15,20H,4-5,9-14,16-17H2,1-3H3,(H,24,27). The summed E-state index contributed by atoms with van der Waals surface area (Å²) in [7, 11) is 0. The highest BCUT2D eigenvalue weighted by molar-refractivity contribution is 5.89. The normalized spacial score (nSPS) is 19.8. The molecule has 3 amide bonds. The highest BCUT2D eigenvalue weighted by Gasteiger charge is 2.27. The average molecular weight is 434 g/mol. The van der Waals surface area contributed by atoms with Gasteiger partial charge in [0.1, 0.15) is 5.60 Å². The molecule has 2 aliphatic heterocycles. The number of rotatable bonds is 5. The van der Waals surface area contributed by atoms with Crippen LogP contribution in [0.1, 0.15) is 45.6 Å². The van der Waals surface area contributed by atoms with Crippen LogP contribution in [0.25, 0.3) is 0 Å². The Labute approximate surface area is 184 Å². The van der Waals surface area contributed by atoms with E-state index in [0.29, 0.717) is 39.4 Å². The van der Waals surface area contributed by atoms with Gasteiger partial charge in [-0.15, -0.1) is 0 Å². The Hall–Kier alpha value is -2.32. The van der Waals surface area contributed by atoms with Gasteiger partial charge in [0.15, 0.2) is 0 Å². The van der Waals surface area contributed by atoms with E-state index in [2.05, 4.69) is 5.32 Å². The number of carbonyl (C=O) groups excluding carboxylic acids is 2. The average Bonchev–Trinajstić information content (AvgIpc) is 2.74. The lowest BCUT2D eigenvalue weighted by Gasteiger charge is -2.35. The van der Waals surface area contributed by atoms with Crippen molar-refractivity contribution >= 4 is 17.8 Å². The molecule has 1 aromatic rings. The summed E-state index contributed by atoms with van der Waals surface area (Å²) in [5.74, 6) is 0. The fourth-order valence-electron chi connectivity index (χ4n) is 3.61. The van der Waals surface area contributed by atoms with Crippen molar-refractivity contribution in [2.45, 2.75) is 58.3 Å². The van der Waals surface area contributed by atoms with Crippen LogP contribution in [0, 0.1) is 0 Å². The monoisotopic (exact) mass is 433 g/mol. The van der Waals surface area contributed by atoms with E-state index in [4.69, 9.17) is 14.2 Å². The molecule has 8 nitrogen and oxygen atoms in total. The largest absolute Gasteiger partial charge is 0.444 e. The summed E-state index contributed by atoms with van der Waals surface area (Å²) in [5, 5.41) is 2.95. The highest BCUT2D eigenvalue weighted by Crippen LogP contribution is 2.17. The van der Waals surface area contributed by atoms with Gasteiger partial charge in [-0.3, -0.25) is 0 Å². The Morgan fingerprint density at radius 1 is 1.13 bits per heavy atom. The Kier molecular flexibility index (Phi) is 8.15. The quantitative estimate of drug-likeness (QED) is 0.763. The van der Waals surface area contributed by atoms with Gasteiger partial charge in [0.25, 0.3) is 0 Å². The summed E-state index contributed by atoms with van der Waals surface area (Å²) in [4.78, 5) is 28.2. The molecule has 0 saturated carbocycles. The van der Waals surface area contributed by atoms with Crippen LogP contribution in [-0.4, -0.2) is 73.0 Å². The van der Waals surface area contributed by atoms with Crippen molar-refractivity contribution < 1.29 is 23.8 Å². The smallest absolute Gasteiger partial charge is 0.410 e. The number of benzene rings is 1. The second-order valence-corrected chi connectivity index (χ2v) is 9.09. The Balaban J connectivity index is 1.42. The lowest BCUT2D eigenvalue weighted by Crippen LogP contribution is -2.52. The van der Waals surface area contributed by atoms with Gasteiger partial charge in [0.05, 0.1) is 19.3 Å².